The maximum atomic E-state index is 4.60. The molecule has 2 saturated carbocycles. The predicted molar refractivity (Wildman–Crippen MR) is 105 cm³/mol. The van der Waals surface area contributed by atoms with Crippen LogP contribution in [-0.2, 0) is 6.54 Å². The van der Waals surface area contributed by atoms with Gasteiger partial charge >= 0.3 is 0 Å². The molecule has 0 saturated heterocycles. The molecule has 4 rings (SSSR count). The number of nitrogens with one attached hydrogen (secondary N) is 2. The Bertz CT molecular complexity index is 671. The van der Waals surface area contributed by atoms with Gasteiger partial charge in [0.25, 0.3) is 0 Å². The lowest BCUT2D eigenvalue weighted by Crippen LogP contribution is -2.51. The van der Waals surface area contributed by atoms with Crippen LogP contribution in [0.3, 0.4) is 0 Å². The molecule has 25 heavy (non-hydrogen) atoms. The first kappa shape index (κ1) is 17.2. The summed E-state index contributed by atoms with van der Waals surface area (Å²) in [5.74, 6) is 0.772. The molecular formula is C21H29N3S. The molecule has 2 aromatic rings. The van der Waals surface area contributed by atoms with Crippen LogP contribution in [-0.4, -0.2) is 17.1 Å². The first-order valence-electron chi connectivity index (χ1n) is 9.72. The average molecular weight is 356 g/mol. The molecule has 2 N–H and O–H groups in total. The Morgan fingerprint density at radius 2 is 1.96 bits per heavy atom. The van der Waals surface area contributed by atoms with Crippen molar-refractivity contribution in [2.24, 2.45) is 0 Å². The van der Waals surface area contributed by atoms with E-state index in [9.17, 15) is 0 Å². The molecule has 2 aliphatic carbocycles. The molecule has 3 nitrogen and oxygen atoms in total. The van der Waals surface area contributed by atoms with Crippen LogP contribution in [0.5, 0.6) is 0 Å². The monoisotopic (exact) mass is 355 g/mol. The second kappa shape index (κ2) is 7.56. The Morgan fingerprint density at radius 1 is 1.20 bits per heavy atom. The van der Waals surface area contributed by atoms with Crippen molar-refractivity contribution < 1.29 is 0 Å². The SMILES string of the molecule is C[C@@H](NC1(CNCc2cnc(C3CC3)s2)CCCC1)c1ccccc1. The Kier molecular flexibility index (Phi) is 5.20. The van der Waals surface area contributed by atoms with Crippen molar-refractivity contribution in [1.82, 2.24) is 15.6 Å². The summed E-state index contributed by atoms with van der Waals surface area (Å²) in [6.07, 6.45) is 9.97. The fourth-order valence-electron chi connectivity index (χ4n) is 4.06. The summed E-state index contributed by atoms with van der Waals surface area (Å²) < 4.78 is 0. The largest absolute Gasteiger partial charge is 0.310 e. The summed E-state index contributed by atoms with van der Waals surface area (Å²) in [7, 11) is 0. The number of hydrogen-bond donors (Lipinski definition) is 2. The van der Waals surface area contributed by atoms with E-state index in [1.54, 1.807) is 0 Å². The van der Waals surface area contributed by atoms with Crippen molar-refractivity contribution in [3.63, 3.8) is 0 Å². The van der Waals surface area contributed by atoms with E-state index in [0.717, 1.165) is 19.0 Å². The van der Waals surface area contributed by atoms with Gasteiger partial charge in [-0.2, -0.15) is 0 Å². The minimum atomic E-state index is 0.235. The van der Waals surface area contributed by atoms with Crippen LogP contribution < -0.4 is 10.6 Å². The molecule has 1 aromatic heterocycles. The van der Waals surface area contributed by atoms with E-state index in [2.05, 4.69) is 59.1 Å². The summed E-state index contributed by atoms with van der Waals surface area (Å²) in [5.41, 5.74) is 1.62. The standard InChI is InChI=1S/C21H29N3S/c1-16(17-7-3-2-4-8-17)24-21(11-5-6-12-21)15-22-13-19-14-23-20(25-19)18-9-10-18/h2-4,7-8,14,16,18,22,24H,5-6,9-13,15H2,1H3/t16-/m1/s1. The van der Waals surface area contributed by atoms with Crippen LogP contribution in [0.4, 0.5) is 0 Å². The first-order valence-corrected chi connectivity index (χ1v) is 10.5. The van der Waals surface area contributed by atoms with Gasteiger partial charge in [-0.05, 0) is 38.2 Å². The maximum Gasteiger partial charge on any atom is 0.0959 e. The number of benzene rings is 1. The van der Waals surface area contributed by atoms with Gasteiger partial charge in [0, 0.05) is 41.7 Å². The molecule has 1 atom stereocenters. The highest BCUT2D eigenvalue weighted by Gasteiger charge is 2.34. The van der Waals surface area contributed by atoms with E-state index in [1.165, 1.54) is 54.0 Å². The van der Waals surface area contributed by atoms with Gasteiger partial charge in [0.15, 0.2) is 0 Å². The van der Waals surface area contributed by atoms with Gasteiger partial charge in [0.05, 0.1) is 5.01 Å². The zero-order valence-electron chi connectivity index (χ0n) is 15.1. The summed E-state index contributed by atoms with van der Waals surface area (Å²) in [6, 6.07) is 11.2. The third-order valence-electron chi connectivity index (χ3n) is 5.64. The Morgan fingerprint density at radius 3 is 2.68 bits per heavy atom. The van der Waals surface area contributed by atoms with E-state index < -0.39 is 0 Å². The molecule has 2 fully saturated rings. The van der Waals surface area contributed by atoms with E-state index in [0.29, 0.717) is 6.04 Å². The van der Waals surface area contributed by atoms with Crippen molar-refractivity contribution >= 4 is 11.3 Å². The number of rotatable bonds is 8. The quantitative estimate of drug-likeness (QED) is 0.716. The van der Waals surface area contributed by atoms with Crippen LogP contribution in [0, 0.1) is 0 Å². The van der Waals surface area contributed by atoms with Crippen molar-refractivity contribution in [2.75, 3.05) is 6.54 Å². The lowest BCUT2D eigenvalue weighted by Gasteiger charge is -2.34. The van der Waals surface area contributed by atoms with Crippen molar-refractivity contribution in [1.29, 1.82) is 0 Å². The summed E-state index contributed by atoms with van der Waals surface area (Å²) in [6.45, 7) is 4.29. The number of aromatic nitrogens is 1. The second-order valence-corrected chi connectivity index (χ2v) is 8.95. The van der Waals surface area contributed by atoms with Gasteiger partial charge in [0.2, 0.25) is 0 Å². The summed E-state index contributed by atoms with van der Waals surface area (Å²) in [4.78, 5) is 5.98. The molecule has 2 aliphatic rings. The predicted octanol–water partition coefficient (Wildman–Crippen LogP) is 4.77. The third-order valence-corrected chi connectivity index (χ3v) is 6.80. The highest BCUT2D eigenvalue weighted by atomic mass is 32.1. The molecular weight excluding hydrogens is 326 g/mol. The molecule has 0 amide bonds. The number of hydrogen-bond acceptors (Lipinski definition) is 4. The molecule has 0 unspecified atom stereocenters. The van der Waals surface area contributed by atoms with Crippen molar-refractivity contribution in [3.05, 3.63) is 52.0 Å². The van der Waals surface area contributed by atoms with Crippen LogP contribution >= 0.6 is 11.3 Å². The first-order chi connectivity index (χ1) is 12.2. The summed E-state index contributed by atoms with van der Waals surface area (Å²) in [5, 5.41) is 9.03. The fourth-order valence-corrected chi connectivity index (χ4v) is 5.11. The molecule has 1 heterocycles. The van der Waals surface area contributed by atoms with Gasteiger partial charge in [-0.3, -0.25) is 0 Å². The molecule has 4 heteroatoms. The lowest BCUT2D eigenvalue weighted by atomic mass is 9.94. The van der Waals surface area contributed by atoms with E-state index >= 15 is 0 Å². The molecule has 1 aromatic carbocycles. The molecule has 0 spiro atoms. The molecule has 0 aliphatic heterocycles. The maximum absolute atomic E-state index is 4.60. The zero-order valence-corrected chi connectivity index (χ0v) is 15.9. The second-order valence-electron chi connectivity index (χ2n) is 7.81. The molecule has 0 radical (unpaired) electrons. The average Bonchev–Trinajstić information content (AvgIpc) is 3.21. The van der Waals surface area contributed by atoms with E-state index in [4.69, 9.17) is 0 Å². The van der Waals surface area contributed by atoms with Crippen LogP contribution in [0.2, 0.25) is 0 Å². The Hall–Kier alpha value is -1.23. The highest BCUT2D eigenvalue weighted by molar-refractivity contribution is 7.11. The van der Waals surface area contributed by atoms with Crippen LogP contribution in [0.15, 0.2) is 36.5 Å². The molecule has 134 valence electrons. The number of thiazole rings is 1. The minimum Gasteiger partial charge on any atom is -0.310 e. The third kappa shape index (κ3) is 4.30. The Balaban J connectivity index is 1.33. The van der Waals surface area contributed by atoms with Gasteiger partial charge < -0.3 is 10.6 Å². The number of nitrogens with zero attached hydrogens (tertiary/aromatic N) is 1. The van der Waals surface area contributed by atoms with Gasteiger partial charge in [0.1, 0.15) is 0 Å². The fraction of sp³-hybridized carbons (Fsp3) is 0.571. The van der Waals surface area contributed by atoms with Gasteiger partial charge in [-0.15, -0.1) is 11.3 Å². The summed E-state index contributed by atoms with van der Waals surface area (Å²) >= 11 is 1.90. The van der Waals surface area contributed by atoms with E-state index in [-0.39, 0.29) is 5.54 Å². The van der Waals surface area contributed by atoms with Crippen LogP contribution in [0.25, 0.3) is 0 Å². The Labute approximate surface area is 155 Å². The van der Waals surface area contributed by atoms with E-state index in [1.807, 2.05) is 11.3 Å². The zero-order chi connectivity index (χ0) is 17.1. The van der Waals surface area contributed by atoms with Crippen molar-refractivity contribution in [3.8, 4) is 0 Å². The van der Waals surface area contributed by atoms with Crippen LogP contribution in [0.1, 0.15) is 72.9 Å². The lowest BCUT2D eigenvalue weighted by molar-refractivity contribution is 0.285. The molecule has 0 bridgehead atoms. The normalized spacial score (nSPS) is 20.7. The smallest absolute Gasteiger partial charge is 0.0959 e. The minimum absolute atomic E-state index is 0.235. The topological polar surface area (TPSA) is 37.0 Å². The van der Waals surface area contributed by atoms with Gasteiger partial charge in [-0.1, -0.05) is 43.2 Å². The highest BCUT2D eigenvalue weighted by Crippen LogP contribution is 2.41. The van der Waals surface area contributed by atoms with Gasteiger partial charge in [-0.25, -0.2) is 4.98 Å². The van der Waals surface area contributed by atoms with Crippen molar-refractivity contribution in [2.45, 2.75) is 69.5 Å².